The third-order valence-electron chi connectivity index (χ3n) is 3.73. The number of amides is 2. The van der Waals surface area contributed by atoms with E-state index in [1.165, 1.54) is 0 Å². The Balaban J connectivity index is 1.78. The molecule has 19 heavy (non-hydrogen) atoms. The van der Waals surface area contributed by atoms with Crippen LogP contribution in [-0.4, -0.2) is 53.7 Å². The van der Waals surface area contributed by atoms with Crippen LogP contribution >= 0.6 is 11.3 Å². The van der Waals surface area contributed by atoms with E-state index in [0.29, 0.717) is 19.8 Å². The molecule has 104 valence electrons. The van der Waals surface area contributed by atoms with E-state index in [0.717, 1.165) is 36.6 Å². The van der Waals surface area contributed by atoms with E-state index in [4.69, 9.17) is 4.74 Å². The van der Waals surface area contributed by atoms with Crippen molar-refractivity contribution < 1.29 is 9.53 Å². The van der Waals surface area contributed by atoms with E-state index in [-0.39, 0.29) is 12.1 Å². The van der Waals surface area contributed by atoms with E-state index in [1.54, 1.807) is 11.3 Å². The number of nitrogens with zero attached hydrogens (tertiary/aromatic N) is 3. The van der Waals surface area contributed by atoms with Gasteiger partial charge in [-0.2, -0.15) is 0 Å². The molecule has 3 heterocycles. The van der Waals surface area contributed by atoms with Crippen LogP contribution in [0, 0.1) is 6.92 Å². The van der Waals surface area contributed by atoms with Gasteiger partial charge >= 0.3 is 6.03 Å². The average molecular weight is 281 g/mol. The summed E-state index contributed by atoms with van der Waals surface area (Å²) >= 11 is 1.63. The predicted octanol–water partition coefficient (Wildman–Crippen LogP) is 2.04. The predicted molar refractivity (Wildman–Crippen MR) is 73.3 cm³/mol. The molecule has 1 aromatic rings. The zero-order valence-electron chi connectivity index (χ0n) is 11.2. The number of ether oxygens (including phenoxy) is 1. The summed E-state index contributed by atoms with van der Waals surface area (Å²) in [4.78, 5) is 21.0. The fourth-order valence-corrected chi connectivity index (χ4v) is 3.36. The number of urea groups is 1. The molecule has 2 saturated heterocycles. The lowest BCUT2D eigenvalue weighted by atomic mass is 10.2. The number of carbonyl (C=O) groups is 1. The van der Waals surface area contributed by atoms with Gasteiger partial charge in [0.05, 0.1) is 23.9 Å². The van der Waals surface area contributed by atoms with Crippen LogP contribution in [0.1, 0.15) is 29.6 Å². The van der Waals surface area contributed by atoms with Gasteiger partial charge in [-0.15, -0.1) is 11.3 Å². The molecule has 2 aliphatic rings. The van der Waals surface area contributed by atoms with Crippen molar-refractivity contribution in [2.45, 2.75) is 25.8 Å². The number of hydrogen-bond acceptors (Lipinski definition) is 4. The van der Waals surface area contributed by atoms with Crippen molar-refractivity contribution in [3.63, 3.8) is 0 Å². The molecule has 2 amide bonds. The third-order valence-corrected chi connectivity index (χ3v) is 4.52. The van der Waals surface area contributed by atoms with Gasteiger partial charge in [0.25, 0.3) is 0 Å². The van der Waals surface area contributed by atoms with Crippen LogP contribution < -0.4 is 0 Å². The number of carbonyl (C=O) groups excluding carboxylic acids is 1. The summed E-state index contributed by atoms with van der Waals surface area (Å²) in [6.45, 7) is 5.61. The van der Waals surface area contributed by atoms with Crippen LogP contribution in [0.15, 0.2) is 5.38 Å². The fourth-order valence-electron chi connectivity index (χ4n) is 2.70. The number of likely N-dealkylation sites (tertiary alicyclic amines) is 1. The van der Waals surface area contributed by atoms with Crippen LogP contribution in [-0.2, 0) is 4.74 Å². The first kappa shape index (κ1) is 12.9. The van der Waals surface area contributed by atoms with Crippen molar-refractivity contribution in [1.29, 1.82) is 0 Å². The van der Waals surface area contributed by atoms with Crippen molar-refractivity contribution in [3.8, 4) is 0 Å². The maximum absolute atomic E-state index is 12.6. The van der Waals surface area contributed by atoms with Crippen LogP contribution in [0.5, 0.6) is 0 Å². The van der Waals surface area contributed by atoms with Crippen LogP contribution in [0.3, 0.4) is 0 Å². The van der Waals surface area contributed by atoms with Crippen molar-refractivity contribution in [1.82, 2.24) is 14.8 Å². The highest BCUT2D eigenvalue weighted by Crippen LogP contribution is 2.27. The van der Waals surface area contributed by atoms with Gasteiger partial charge in [0.2, 0.25) is 0 Å². The van der Waals surface area contributed by atoms with Gasteiger partial charge in [0.1, 0.15) is 6.04 Å². The Morgan fingerprint density at radius 1 is 1.42 bits per heavy atom. The Kier molecular flexibility index (Phi) is 3.70. The fraction of sp³-hybridized carbons (Fsp3) is 0.692. The van der Waals surface area contributed by atoms with Crippen LogP contribution in [0.25, 0.3) is 0 Å². The summed E-state index contributed by atoms with van der Waals surface area (Å²) in [6, 6.07) is 0.128. The van der Waals surface area contributed by atoms with Crippen LogP contribution in [0.4, 0.5) is 4.79 Å². The van der Waals surface area contributed by atoms with Crippen molar-refractivity contribution >= 4 is 17.4 Å². The lowest BCUT2D eigenvalue weighted by Gasteiger charge is -2.37. The van der Waals surface area contributed by atoms with E-state index < -0.39 is 0 Å². The monoisotopic (exact) mass is 281 g/mol. The molecule has 1 aromatic heterocycles. The molecular formula is C13H19N3O2S. The lowest BCUT2D eigenvalue weighted by molar-refractivity contribution is 0.00329. The van der Waals surface area contributed by atoms with Crippen molar-refractivity contribution in [2.24, 2.45) is 0 Å². The molecule has 6 heteroatoms. The summed E-state index contributed by atoms with van der Waals surface area (Å²) in [6.07, 6.45) is 2.24. The van der Waals surface area contributed by atoms with Gasteiger partial charge < -0.3 is 14.5 Å². The van der Waals surface area contributed by atoms with Gasteiger partial charge in [-0.3, -0.25) is 0 Å². The molecule has 1 atom stereocenters. The lowest BCUT2D eigenvalue weighted by Crippen LogP contribution is -2.49. The number of morpholine rings is 1. The molecule has 3 rings (SSSR count). The molecule has 0 unspecified atom stereocenters. The summed E-state index contributed by atoms with van der Waals surface area (Å²) < 4.78 is 5.54. The highest BCUT2D eigenvalue weighted by Gasteiger charge is 2.33. The van der Waals surface area contributed by atoms with E-state index >= 15 is 0 Å². The second-order valence-corrected chi connectivity index (χ2v) is 6.11. The SMILES string of the molecule is Cc1nc([C@@H]2COCCN2C(=O)N2CCCC2)cs1. The molecule has 0 aliphatic carbocycles. The Hall–Kier alpha value is -1.14. The minimum Gasteiger partial charge on any atom is -0.377 e. The smallest absolute Gasteiger partial charge is 0.320 e. The molecule has 0 aromatic carbocycles. The molecule has 0 spiro atoms. The van der Waals surface area contributed by atoms with Crippen molar-refractivity contribution in [3.05, 3.63) is 16.1 Å². The number of hydrogen-bond donors (Lipinski definition) is 0. The van der Waals surface area contributed by atoms with E-state index in [9.17, 15) is 4.79 Å². The number of thiazole rings is 1. The third kappa shape index (κ3) is 2.60. The first-order chi connectivity index (χ1) is 9.25. The molecule has 2 fully saturated rings. The number of aromatic nitrogens is 1. The second-order valence-electron chi connectivity index (χ2n) is 5.05. The maximum atomic E-state index is 12.6. The molecular weight excluding hydrogens is 262 g/mol. The summed E-state index contributed by atoms with van der Waals surface area (Å²) in [5, 5.41) is 3.08. The Labute approximate surface area is 117 Å². The molecule has 0 N–H and O–H groups in total. The normalized spacial score (nSPS) is 23.9. The van der Waals surface area contributed by atoms with E-state index in [1.807, 2.05) is 22.1 Å². The van der Waals surface area contributed by atoms with Gasteiger partial charge in [0.15, 0.2) is 0 Å². The minimum absolute atomic E-state index is 0.0215. The standard InChI is InChI=1S/C13H19N3O2S/c1-10-14-11(9-19-10)12-8-18-7-6-16(12)13(17)15-4-2-3-5-15/h9,12H,2-8H2,1H3/t12-/m0/s1. The highest BCUT2D eigenvalue weighted by atomic mass is 32.1. The summed E-state index contributed by atoms with van der Waals surface area (Å²) in [7, 11) is 0. The molecule has 5 nitrogen and oxygen atoms in total. The maximum Gasteiger partial charge on any atom is 0.320 e. The quantitative estimate of drug-likeness (QED) is 0.791. The average Bonchev–Trinajstić information content (AvgIpc) is 3.09. The highest BCUT2D eigenvalue weighted by molar-refractivity contribution is 7.09. The topological polar surface area (TPSA) is 45.7 Å². The summed E-state index contributed by atoms with van der Waals surface area (Å²) in [5.41, 5.74) is 0.967. The molecule has 0 saturated carbocycles. The Bertz CT molecular complexity index is 456. The zero-order chi connectivity index (χ0) is 13.2. The van der Waals surface area contributed by atoms with Gasteiger partial charge in [-0.05, 0) is 19.8 Å². The van der Waals surface area contributed by atoms with E-state index in [2.05, 4.69) is 4.98 Å². The van der Waals surface area contributed by atoms with Gasteiger partial charge in [-0.25, -0.2) is 9.78 Å². The summed E-state index contributed by atoms with van der Waals surface area (Å²) in [5.74, 6) is 0. The van der Waals surface area contributed by atoms with Gasteiger partial charge in [0, 0.05) is 25.0 Å². The number of rotatable bonds is 1. The molecule has 2 aliphatic heterocycles. The van der Waals surface area contributed by atoms with Crippen LogP contribution in [0.2, 0.25) is 0 Å². The molecule has 0 radical (unpaired) electrons. The largest absolute Gasteiger partial charge is 0.377 e. The first-order valence-electron chi connectivity index (χ1n) is 6.81. The zero-order valence-corrected chi connectivity index (χ0v) is 12.0. The van der Waals surface area contributed by atoms with Crippen molar-refractivity contribution in [2.75, 3.05) is 32.8 Å². The number of aryl methyl sites for hydroxylation is 1. The second kappa shape index (κ2) is 5.46. The van der Waals surface area contributed by atoms with Gasteiger partial charge in [-0.1, -0.05) is 0 Å². The first-order valence-corrected chi connectivity index (χ1v) is 7.69. The molecule has 0 bridgehead atoms. The minimum atomic E-state index is -0.0215. The Morgan fingerprint density at radius 2 is 2.21 bits per heavy atom. The Morgan fingerprint density at radius 3 is 2.89 bits per heavy atom.